The molecule has 1 atom stereocenters. The van der Waals surface area contributed by atoms with Crippen LogP contribution in [-0.2, 0) is 10.2 Å². The highest BCUT2D eigenvalue weighted by Gasteiger charge is 2.45. The van der Waals surface area contributed by atoms with E-state index < -0.39 is 11.5 Å². The number of primary amides is 1. The second-order valence-electron chi connectivity index (χ2n) is 7.63. The number of aromatic nitrogens is 3. The van der Waals surface area contributed by atoms with Gasteiger partial charge in [0.1, 0.15) is 0 Å². The lowest BCUT2D eigenvalue weighted by Crippen LogP contribution is -2.47. The van der Waals surface area contributed by atoms with Gasteiger partial charge in [0, 0.05) is 34.9 Å². The number of aliphatic hydroxyl groups excluding tert-OH is 1. The van der Waals surface area contributed by atoms with Crippen LogP contribution in [0.5, 0.6) is 0 Å². The standard InChI is InChI=1S/C22H24N4O2/c1-3-19(27)18-7-13(2)16(12-25-18)17-8-14-11-26-20(9-15(14)10-24-17)22(21(23)28)5-4-6-22/h7-12,19,27H,3-6H2,1-2H3,(H2,23,28)/t19-/m1/s1. The van der Waals surface area contributed by atoms with E-state index in [0.717, 1.165) is 52.5 Å². The molecular formula is C22H24N4O2. The highest BCUT2D eigenvalue weighted by molar-refractivity contribution is 5.90. The molecule has 0 bridgehead atoms. The van der Waals surface area contributed by atoms with Crippen molar-refractivity contribution in [1.29, 1.82) is 0 Å². The highest BCUT2D eigenvalue weighted by atomic mass is 16.3. The van der Waals surface area contributed by atoms with E-state index in [9.17, 15) is 9.90 Å². The van der Waals surface area contributed by atoms with Gasteiger partial charge < -0.3 is 10.8 Å². The summed E-state index contributed by atoms with van der Waals surface area (Å²) in [6.45, 7) is 3.91. The zero-order chi connectivity index (χ0) is 19.9. The number of nitrogens with zero attached hydrogens (tertiary/aromatic N) is 3. The number of nitrogens with two attached hydrogens (primary N) is 1. The third-order valence-electron chi connectivity index (χ3n) is 5.91. The van der Waals surface area contributed by atoms with Crippen LogP contribution in [-0.4, -0.2) is 26.0 Å². The predicted octanol–water partition coefficient (Wildman–Crippen LogP) is 3.35. The van der Waals surface area contributed by atoms with Crippen molar-refractivity contribution in [2.75, 3.05) is 0 Å². The van der Waals surface area contributed by atoms with Crippen LogP contribution in [0, 0.1) is 6.92 Å². The van der Waals surface area contributed by atoms with Gasteiger partial charge in [0.2, 0.25) is 5.91 Å². The Labute approximate surface area is 163 Å². The first-order valence-electron chi connectivity index (χ1n) is 9.66. The predicted molar refractivity (Wildman–Crippen MR) is 107 cm³/mol. The van der Waals surface area contributed by atoms with Crippen LogP contribution in [0.4, 0.5) is 0 Å². The van der Waals surface area contributed by atoms with Crippen LogP contribution in [0.25, 0.3) is 22.0 Å². The van der Waals surface area contributed by atoms with Crippen molar-refractivity contribution >= 4 is 16.7 Å². The quantitative estimate of drug-likeness (QED) is 0.711. The summed E-state index contributed by atoms with van der Waals surface area (Å²) in [5, 5.41) is 11.9. The summed E-state index contributed by atoms with van der Waals surface area (Å²) >= 11 is 0. The molecule has 0 radical (unpaired) electrons. The van der Waals surface area contributed by atoms with E-state index >= 15 is 0 Å². The summed E-state index contributed by atoms with van der Waals surface area (Å²) in [5.41, 5.74) is 9.18. The molecule has 1 saturated carbocycles. The Kier molecular flexibility index (Phi) is 4.59. The van der Waals surface area contributed by atoms with Crippen molar-refractivity contribution < 1.29 is 9.90 Å². The first-order chi connectivity index (χ1) is 13.4. The van der Waals surface area contributed by atoms with Crippen molar-refractivity contribution in [1.82, 2.24) is 15.0 Å². The van der Waals surface area contributed by atoms with Crippen LogP contribution < -0.4 is 5.73 Å². The van der Waals surface area contributed by atoms with E-state index in [-0.39, 0.29) is 5.91 Å². The maximum absolute atomic E-state index is 12.0. The molecule has 1 amide bonds. The van der Waals surface area contributed by atoms with Gasteiger partial charge >= 0.3 is 0 Å². The van der Waals surface area contributed by atoms with Gasteiger partial charge in [-0.15, -0.1) is 0 Å². The van der Waals surface area contributed by atoms with Gasteiger partial charge in [-0.1, -0.05) is 13.3 Å². The number of aliphatic hydroxyl groups is 1. The van der Waals surface area contributed by atoms with Crippen molar-refractivity contribution in [2.24, 2.45) is 5.73 Å². The van der Waals surface area contributed by atoms with E-state index in [1.807, 2.05) is 32.0 Å². The summed E-state index contributed by atoms with van der Waals surface area (Å²) in [6, 6.07) is 5.82. The van der Waals surface area contributed by atoms with Crippen molar-refractivity contribution in [2.45, 2.75) is 51.0 Å². The number of aryl methyl sites for hydroxylation is 1. The summed E-state index contributed by atoms with van der Waals surface area (Å²) < 4.78 is 0. The second-order valence-corrected chi connectivity index (χ2v) is 7.63. The van der Waals surface area contributed by atoms with E-state index in [4.69, 9.17) is 5.73 Å². The van der Waals surface area contributed by atoms with Crippen LogP contribution in [0.3, 0.4) is 0 Å². The molecule has 1 aliphatic carbocycles. The lowest BCUT2D eigenvalue weighted by atomic mass is 9.66. The van der Waals surface area contributed by atoms with Crippen molar-refractivity contribution in [3.63, 3.8) is 0 Å². The summed E-state index contributed by atoms with van der Waals surface area (Å²) in [5.74, 6) is -0.300. The third kappa shape index (κ3) is 2.94. The number of rotatable bonds is 5. The molecule has 4 rings (SSSR count). The first-order valence-corrected chi connectivity index (χ1v) is 9.66. The molecule has 0 aliphatic heterocycles. The molecule has 0 spiro atoms. The fraction of sp³-hybridized carbons (Fsp3) is 0.364. The molecular weight excluding hydrogens is 352 g/mol. The molecule has 1 fully saturated rings. The minimum atomic E-state index is -0.622. The Balaban J connectivity index is 1.71. The molecule has 3 aromatic heterocycles. The van der Waals surface area contributed by atoms with Gasteiger partial charge in [0.25, 0.3) is 0 Å². The fourth-order valence-corrected chi connectivity index (χ4v) is 3.84. The molecule has 0 aromatic carbocycles. The summed E-state index contributed by atoms with van der Waals surface area (Å²) in [4.78, 5) is 25.5. The number of fused-ring (bicyclic) bond motifs is 1. The fourth-order valence-electron chi connectivity index (χ4n) is 3.84. The second kappa shape index (κ2) is 6.95. The molecule has 0 saturated heterocycles. The van der Waals surface area contributed by atoms with Gasteiger partial charge in [-0.2, -0.15) is 0 Å². The Bertz CT molecular complexity index is 1060. The Morgan fingerprint density at radius 2 is 1.86 bits per heavy atom. The smallest absolute Gasteiger partial charge is 0.229 e. The molecule has 28 heavy (non-hydrogen) atoms. The highest BCUT2D eigenvalue weighted by Crippen LogP contribution is 2.43. The average Bonchev–Trinajstić information content (AvgIpc) is 2.65. The maximum atomic E-state index is 12.0. The van der Waals surface area contributed by atoms with E-state index in [0.29, 0.717) is 12.1 Å². The SMILES string of the molecule is CC[C@@H](O)c1cc(C)c(-c2cc3cnc(C4(C(N)=O)CCC4)cc3cn2)cn1. The Morgan fingerprint density at radius 1 is 1.14 bits per heavy atom. The topological polar surface area (TPSA) is 102 Å². The maximum Gasteiger partial charge on any atom is 0.229 e. The third-order valence-corrected chi connectivity index (χ3v) is 5.91. The van der Waals surface area contributed by atoms with Gasteiger partial charge in [-0.3, -0.25) is 19.7 Å². The molecule has 3 N–H and O–H groups in total. The van der Waals surface area contributed by atoms with E-state index in [2.05, 4.69) is 15.0 Å². The Hall–Kier alpha value is -2.86. The van der Waals surface area contributed by atoms with Gasteiger partial charge in [0.05, 0.1) is 28.6 Å². The average molecular weight is 376 g/mol. The molecule has 144 valence electrons. The molecule has 6 heteroatoms. The summed E-state index contributed by atoms with van der Waals surface area (Å²) in [7, 11) is 0. The monoisotopic (exact) mass is 376 g/mol. The minimum Gasteiger partial charge on any atom is -0.387 e. The van der Waals surface area contributed by atoms with Gasteiger partial charge in [0.15, 0.2) is 0 Å². The number of carbonyl (C=O) groups is 1. The number of hydrogen-bond acceptors (Lipinski definition) is 5. The minimum absolute atomic E-state index is 0.300. The molecule has 1 aliphatic rings. The number of amides is 1. The van der Waals surface area contributed by atoms with Crippen LogP contribution in [0.15, 0.2) is 36.8 Å². The number of hydrogen-bond donors (Lipinski definition) is 2. The number of carbonyl (C=O) groups excluding carboxylic acids is 1. The molecule has 3 heterocycles. The first kappa shape index (κ1) is 18.5. The van der Waals surface area contributed by atoms with E-state index in [1.54, 1.807) is 18.6 Å². The normalized spacial score (nSPS) is 16.5. The van der Waals surface area contributed by atoms with Gasteiger partial charge in [-0.05, 0) is 49.9 Å². The zero-order valence-electron chi connectivity index (χ0n) is 16.1. The van der Waals surface area contributed by atoms with Crippen LogP contribution in [0.2, 0.25) is 0 Å². The van der Waals surface area contributed by atoms with Gasteiger partial charge in [-0.25, -0.2) is 0 Å². The van der Waals surface area contributed by atoms with Crippen molar-refractivity contribution in [3.8, 4) is 11.3 Å². The molecule has 3 aromatic rings. The number of pyridine rings is 3. The molecule has 6 nitrogen and oxygen atoms in total. The Morgan fingerprint density at radius 3 is 2.46 bits per heavy atom. The lowest BCUT2D eigenvalue weighted by Gasteiger charge is -2.38. The van der Waals surface area contributed by atoms with Crippen LogP contribution in [0.1, 0.15) is 55.7 Å². The largest absolute Gasteiger partial charge is 0.387 e. The summed E-state index contributed by atoms with van der Waals surface area (Å²) in [6.07, 6.45) is 7.93. The van der Waals surface area contributed by atoms with Crippen molar-refractivity contribution in [3.05, 3.63) is 53.7 Å². The molecule has 0 unspecified atom stereocenters. The van der Waals surface area contributed by atoms with Crippen LogP contribution >= 0.6 is 0 Å². The van der Waals surface area contributed by atoms with E-state index in [1.165, 1.54) is 0 Å². The lowest BCUT2D eigenvalue weighted by molar-refractivity contribution is -0.126. The zero-order valence-corrected chi connectivity index (χ0v) is 16.1.